The van der Waals surface area contributed by atoms with Crippen molar-refractivity contribution in [1.82, 2.24) is 9.97 Å². The van der Waals surface area contributed by atoms with E-state index >= 15 is 0 Å². The summed E-state index contributed by atoms with van der Waals surface area (Å²) in [6.07, 6.45) is 0. The minimum absolute atomic E-state index is 0.00954. The van der Waals surface area contributed by atoms with Crippen molar-refractivity contribution in [2.24, 2.45) is 0 Å². The van der Waals surface area contributed by atoms with E-state index in [1.165, 1.54) is 31.0 Å². The summed E-state index contributed by atoms with van der Waals surface area (Å²) in [4.78, 5) is 8.27. The first-order chi connectivity index (χ1) is 12.5. The van der Waals surface area contributed by atoms with Crippen LogP contribution in [0.1, 0.15) is 5.56 Å². The van der Waals surface area contributed by atoms with Gasteiger partial charge in [-0.1, -0.05) is 47.6 Å². The molecule has 0 spiro atoms. The van der Waals surface area contributed by atoms with Crippen molar-refractivity contribution in [2.75, 3.05) is 7.11 Å². The van der Waals surface area contributed by atoms with Crippen LogP contribution in [0.4, 0.5) is 13.2 Å². The number of halogens is 4. The number of ether oxygens (including phenoxy) is 1. The molecule has 3 nitrogen and oxygen atoms in total. The van der Waals surface area contributed by atoms with Gasteiger partial charge in [-0.15, -0.1) is 0 Å². The van der Waals surface area contributed by atoms with E-state index in [-0.39, 0.29) is 10.7 Å². The normalized spacial score (nSPS) is 10.8. The predicted octanol–water partition coefficient (Wildman–Crippen LogP) is 5.52. The van der Waals surface area contributed by atoms with E-state index in [1.54, 1.807) is 24.3 Å². The Hall–Kier alpha value is -2.25. The molecule has 0 amide bonds. The molecule has 0 fully saturated rings. The second-order valence-electron chi connectivity index (χ2n) is 5.18. The molecule has 0 saturated heterocycles. The van der Waals surface area contributed by atoms with Crippen molar-refractivity contribution in [3.05, 3.63) is 70.6 Å². The molecule has 1 aromatic heterocycles. The van der Waals surface area contributed by atoms with Gasteiger partial charge in [0.05, 0.1) is 7.11 Å². The lowest BCUT2D eigenvalue weighted by Gasteiger charge is -2.11. The highest BCUT2D eigenvalue weighted by molar-refractivity contribution is 7.98. The number of aromatic nitrogens is 2. The molecule has 1 heterocycles. The number of benzene rings is 2. The first-order valence-electron chi connectivity index (χ1n) is 7.42. The maximum absolute atomic E-state index is 14.2. The molecule has 2 aromatic carbocycles. The summed E-state index contributed by atoms with van der Waals surface area (Å²) in [5.74, 6) is -3.24. The van der Waals surface area contributed by atoms with E-state index in [0.29, 0.717) is 27.9 Å². The molecule has 0 radical (unpaired) electrons. The van der Waals surface area contributed by atoms with Gasteiger partial charge in [0.1, 0.15) is 5.15 Å². The first kappa shape index (κ1) is 18.5. The fraction of sp³-hybridized carbons (Fsp3) is 0.111. The van der Waals surface area contributed by atoms with Crippen molar-refractivity contribution < 1.29 is 17.9 Å². The SMILES string of the molecule is COc1cc(Cl)nc(SCc2ccccc2-c2ccc(F)c(F)c2F)n1. The highest BCUT2D eigenvalue weighted by Crippen LogP contribution is 2.32. The van der Waals surface area contributed by atoms with Crippen molar-refractivity contribution >= 4 is 23.4 Å². The predicted molar refractivity (Wildman–Crippen MR) is 94.9 cm³/mol. The van der Waals surface area contributed by atoms with Crippen LogP contribution in [0.3, 0.4) is 0 Å². The van der Waals surface area contributed by atoms with Gasteiger partial charge >= 0.3 is 0 Å². The molecule has 26 heavy (non-hydrogen) atoms. The summed E-state index contributed by atoms with van der Waals surface area (Å²) in [6.45, 7) is 0. The molecule has 0 N–H and O–H groups in total. The molecular formula is C18H12ClF3N2OS. The third-order valence-corrected chi connectivity index (χ3v) is 4.65. The van der Waals surface area contributed by atoms with E-state index in [4.69, 9.17) is 16.3 Å². The summed E-state index contributed by atoms with van der Waals surface area (Å²) in [7, 11) is 1.47. The Morgan fingerprint density at radius 1 is 1.00 bits per heavy atom. The monoisotopic (exact) mass is 396 g/mol. The maximum atomic E-state index is 14.2. The smallest absolute Gasteiger partial charge is 0.218 e. The number of hydrogen-bond acceptors (Lipinski definition) is 4. The standard InChI is InChI=1S/C18H12ClF3N2OS/c1-25-15-8-14(19)23-18(24-15)26-9-10-4-2-3-5-11(10)12-6-7-13(20)17(22)16(12)21/h2-8H,9H2,1H3. The highest BCUT2D eigenvalue weighted by atomic mass is 35.5. The van der Waals surface area contributed by atoms with E-state index in [9.17, 15) is 13.2 Å². The topological polar surface area (TPSA) is 35.0 Å². The fourth-order valence-corrected chi connectivity index (χ4v) is 3.41. The number of nitrogens with zero attached hydrogens (tertiary/aromatic N) is 2. The molecule has 134 valence electrons. The number of rotatable bonds is 5. The Labute approximate surface area is 157 Å². The number of hydrogen-bond donors (Lipinski definition) is 0. The van der Waals surface area contributed by atoms with Crippen LogP contribution in [-0.4, -0.2) is 17.1 Å². The summed E-state index contributed by atoms with van der Waals surface area (Å²) < 4.78 is 46.0. The van der Waals surface area contributed by atoms with E-state index in [0.717, 1.165) is 6.07 Å². The van der Waals surface area contributed by atoms with Crippen molar-refractivity contribution in [2.45, 2.75) is 10.9 Å². The molecule has 3 aromatic rings. The van der Waals surface area contributed by atoms with Gasteiger partial charge in [-0.25, -0.2) is 18.2 Å². The van der Waals surface area contributed by atoms with Crippen LogP contribution in [0.2, 0.25) is 5.15 Å². The Morgan fingerprint density at radius 2 is 1.77 bits per heavy atom. The molecular weight excluding hydrogens is 385 g/mol. The minimum Gasteiger partial charge on any atom is -0.481 e. The largest absolute Gasteiger partial charge is 0.481 e. The molecule has 0 atom stereocenters. The summed E-state index contributed by atoms with van der Waals surface area (Å²) >= 11 is 7.18. The van der Waals surface area contributed by atoms with Gasteiger partial charge in [0.15, 0.2) is 22.6 Å². The number of methoxy groups -OCH3 is 1. The third-order valence-electron chi connectivity index (χ3n) is 3.56. The Bertz CT molecular complexity index is 956. The summed E-state index contributed by atoms with van der Waals surface area (Å²) in [5.41, 5.74) is 1.17. The molecule has 0 aliphatic heterocycles. The van der Waals surface area contributed by atoms with Gasteiger partial charge in [-0.05, 0) is 23.3 Å². The van der Waals surface area contributed by atoms with Gasteiger partial charge in [-0.2, -0.15) is 4.98 Å². The molecule has 0 unspecified atom stereocenters. The number of thioether (sulfide) groups is 1. The summed E-state index contributed by atoms with van der Waals surface area (Å²) in [6, 6.07) is 10.5. The van der Waals surface area contributed by atoms with Crippen LogP contribution in [-0.2, 0) is 5.75 Å². The van der Waals surface area contributed by atoms with E-state index < -0.39 is 17.5 Å². The molecule has 0 aliphatic carbocycles. The maximum Gasteiger partial charge on any atom is 0.218 e. The average molecular weight is 397 g/mol. The Balaban J connectivity index is 1.91. The van der Waals surface area contributed by atoms with Gasteiger partial charge in [0.2, 0.25) is 5.88 Å². The van der Waals surface area contributed by atoms with E-state index in [1.807, 2.05) is 0 Å². The van der Waals surface area contributed by atoms with Crippen molar-refractivity contribution in [3.63, 3.8) is 0 Å². The molecule has 0 bridgehead atoms. The zero-order chi connectivity index (χ0) is 18.7. The van der Waals surface area contributed by atoms with Crippen LogP contribution in [0.25, 0.3) is 11.1 Å². The lowest BCUT2D eigenvalue weighted by atomic mass is 10.00. The molecule has 0 aliphatic rings. The van der Waals surface area contributed by atoms with Gasteiger partial charge < -0.3 is 4.74 Å². The molecule has 8 heteroatoms. The van der Waals surface area contributed by atoms with Gasteiger partial charge in [-0.3, -0.25) is 0 Å². The van der Waals surface area contributed by atoms with Gasteiger partial charge in [0, 0.05) is 17.4 Å². The second-order valence-corrected chi connectivity index (χ2v) is 6.51. The molecule has 0 saturated carbocycles. The zero-order valence-electron chi connectivity index (χ0n) is 13.5. The molecule has 3 rings (SSSR count). The van der Waals surface area contributed by atoms with Crippen LogP contribution >= 0.6 is 23.4 Å². The van der Waals surface area contributed by atoms with Crippen LogP contribution < -0.4 is 4.74 Å². The quantitative estimate of drug-likeness (QED) is 0.246. The highest BCUT2D eigenvalue weighted by Gasteiger charge is 2.17. The average Bonchev–Trinajstić information content (AvgIpc) is 2.64. The lowest BCUT2D eigenvalue weighted by molar-refractivity contribution is 0.392. The van der Waals surface area contributed by atoms with Crippen LogP contribution in [0.5, 0.6) is 5.88 Å². The Morgan fingerprint density at radius 3 is 2.54 bits per heavy atom. The van der Waals surface area contributed by atoms with E-state index in [2.05, 4.69) is 9.97 Å². The zero-order valence-corrected chi connectivity index (χ0v) is 15.0. The van der Waals surface area contributed by atoms with Crippen molar-refractivity contribution in [1.29, 1.82) is 0 Å². The second kappa shape index (κ2) is 7.97. The van der Waals surface area contributed by atoms with Crippen LogP contribution in [0, 0.1) is 17.5 Å². The third kappa shape index (κ3) is 3.94. The summed E-state index contributed by atoms with van der Waals surface area (Å²) in [5, 5.41) is 0.620. The Kier molecular flexibility index (Phi) is 5.68. The first-order valence-corrected chi connectivity index (χ1v) is 8.79. The minimum atomic E-state index is -1.49. The fourth-order valence-electron chi connectivity index (χ4n) is 2.33. The lowest BCUT2D eigenvalue weighted by Crippen LogP contribution is -1.97. The van der Waals surface area contributed by atoms with Gasteiger partial charge in [0.25, 0.3) is 0 Å². The van der Waals surface area contributed by atoms with Crippen LogP contribution in [0.15, 0.2) is 47.6 Å². The van der Waals surface area contributed by atoms with Crippen molar-refractivity contribution in [3.8, 4) is 17.0 Å².